The van der Waals surface area contributed by atoms with Crippen LogP contribution in [0, 0.1) is 0 Å². The number of rotatable bonds is 2. The van der Waals surface area contributed by atoms with Gasteiger partial charge in [0.05, 0.1) is 0 Å². The van der Waals surface area contributed by atoms with Crippen molar-refractivity contribution < 1.29 is 0 Å². The molecule has 0 aromatic rings. The van der Waals surface area contributed by atoms with Crippen LogP contribution in [0.2, 0.25) is 0 Å². The molecular weight excluding hydrogens is 199 g/mol. The van der Waals surface area contributed by atoms with E-state index in [-0.39, 0.29) is 0 Å². The van der Waals surface area contributed by atoms with Crippen molar-refractivity contribution in [3.63, 3.8) is 0 Å². The highest BCUT2D eigenvalue weighted by molar-refractivity contribution is 14.1. The minimum absolute atomic E-state index is 1.21. The summed E-state index contributed by atoms with van der Waals surface area (Å²) in [4.78, 5) is 0. The van der Waals surface area contributed by atoms with Crippen LogP contribution in [0.1, 0.15) is 26.7 Å². The molecule has 0 aliphatic rings. The minimum Gasteiger partial charge on any atom is -0.0647 e. The van der Waals surface area contributed by atoms with Crippen LogP contribution in [0.5, 0.6) is 0 Å². The number of hydrogen-bond acceptors (Lipinski definition) is 0. The first-order valence-electron chi connectivity index (χ1n) is 2.63. The van der Waals surface area contributed by atoms with Crippen LogP contribution in [0.15, 0.2) is 9.66 Å². The molecular formula is C6H11I. The fourth-order valence-corrected chi connectivity index (χ4v) is 1.29. The lowest BCUT2D eigenvalue weighted by molar-refractivity contribution is 0.985. The van der Waals surface area contributed by atoms with E-state index in [1.165, 1.54) is 12.8 Å². The zero-order valence-electron chi connectivity index (χ0n) is 4.87. The van der Waals surface area contributed by atoms with Gasteiger partial charge in [0.25, 0.3) is 0 Å². The van der Waals surface area contributed by atoms with E-state index in [4.69, 9.17) is 0 Å². The standard InChI is InChI=1S/C6H11I/c1-3-6(4-2)5-7/h5H,3-4H2,1-2H3. The van der Waals surface area contributed by atoms with E-state index in [1.807, 2.05) is 0 Å². The van der Waals surface area contributed by atoms with Gasteiger partial charge in [0.1, 0.15) is 0 Å². The maximum absolute atomic E-state index is 2.29. The van der Waals surface area contributed by atoms with E-state index in [2.05, 4.69) is 40.5 Å². The Hall–Kier alpha value is 0.470. The molecule has 1 heteroatoms. The highest BCUT2D eigenvalue weighted by atomic mass is 127. The molecule has 0 aromatic heterocycles. The van der Waals surface area contributed by atoms with Crippen molar-refractivity contribution >= 4 is 22.6 Å². The predicted molar refractivity (Wildman–Crippen MR) is 42.7 cm³/mol. The molecule has 0 aliphatic carbocycles. The Morgan fingerprint density at radius 1 is 1.43 bits per heavy atom. The second-order valence-electron chi connectivity index (χ2n) is 1.47. The lowest BCUT2D eigenvalue weighted by Gasteiger charge is -1.92. The summed E-state index contributed by atoms with van der Waals surface area (Å²) in [6, 6.07) is 0. The first kappa shape index (κ1) is 7.47. The van der Waals surface area contributed by atoms with Crippen molar-refractivity contribution in [2.75, 3.05) is 0 Å². The van der Waals surface area contributed by atoms with Crippen molar-refractivity contribution in [1.82, 2.24) is 0 Å². The topological polar surface area (TPSA) is 0 Å². The van der Waals surface area contributed by atoms with Gasteiger partial charge in [-0.25, -0.2) is 0 Å². The molecule has 0 aromatic carbocycles. The second-order valence-corrected chi connectivity index (χ2v) is 2.10. The zero-order valence-corrected chi connectivity index (χ0v) is 7.03. The van der Waals surface area contributed by atoms with Gasteiger partial charge in [-0.3, -0.25) is 0 Å². The SMILES string of the molecule is CCC(=CI)CC. The molecule has 0 radical (unpaired) electrons. The second kappa shape index (κ2) is 4.62. The monoisotopic (exact) mass is 210 g/mol. The molecule has 0 nitrogen and oxygen atoms in total. The zero-order chi connectivity index (χ0) is 5.70. The molecule has 0 rings (SSSR count). The summed E-state index contributed by atoms with van der Waals surface area (Å²) >= 11 is 2.29. The molecule has 0 aliphatic heterocycles. The number of halogens is 1. The molecule has 0 heterocycles. The van der Waals surface area contributed by atoms with Gasteiger partial charge in [-0.2, -0.15) is 0 Å². The van der Waals surface area contributed by atoms with E-state index in [1.54, 1.807) is 5.57 Å². The van der Waals surface area contributed by atoms with Crippen LogP contribution >= 0.6 is 22.6 Å². The van der Waals surface area contributed by atoms with Crippen molar-refractivity contribution in [3.8, 4) is 0 Å². The lowest BCUT2D eigenvalue weighted by atomic mass is 10.2. The Bertz CT molecular complexity index is 58.6. The molecule has 0 atom stereocenters. The Morgan fingerprint density at radius 2 is 1.86 bits per heavy atom. The third kappa shape index (κ3) is 3.09. The average Bonchev–Trinajstić information content (AvgIpc) is 1.72. The summed E-state index contributed by atoms with van der Waals surface area (Å²) in [6.07, 6.45) is 2.42. The van der Waals surface area contributed by atoms with E-state index in [9.17, 15) is 0 Å². The van der Waals surface area contributed by atoms with Crippen LogP contribution in [0.25, 0.3) is 0 Å². The van der Waals surface area contributed by atoms with Crippen LogP contribution < -0.4 is 0 Å². The van der Waals surface area contributed by atoms with Gasteiger partial charge in [-0.1, -0.05) is 42.0 Å². The van der Waals surface area contributed by atoms with E-state index < -0.39 is 0 Å². The van der Waals surface area contributed by atoms with Gasteiger partial charge < -0.3 is 0 Å². The molecule has 0 saturated carbocycles. The van der Waals surface area contributed by atoms with E-state index in [0.717, 1.165) is 0 Å². The molecule has 7 heavy (non-hydrogen) atoms. The fourth-order valence-electron chi connectivity index (χ4n) is 0.404. The summed E-state index contributed by atoms with van der Waals surface area (Å²) < 4.78 is 2.16. The summed E-state index contributed by atoms with van der Waals surface area (Å²) in [6.45, 7) is 4.38. The Labute approximate surface area is 59.1 Å². The molecule has 0 spiro atoms. The molecule has 0 bridgehead atoms. The van der Waals surface area contributed by atoms with Crippen LogP contribution in [-0.2, 0) is 0 Å². The first-order chi connectivity index (χ1) is 3.35. The highest BCUT2D eigenvalue weighted by Gasteiger charge is 1.83. The molecule has 42 valence electrons. The molecule has 0 amide bonds. The van der Waals surface area contributed by atoms with Gasteiger partial charge in [0.2, 0.25) is 0 Å². The first-order valence-corrected chi connectivity index (χ1v) is 3.87. The van der Waals surface area contributed by atoms with E-state index >= 15 is 0 Å². The van der Waals surface area contributed by atoms with Crippen LogP contribution in [-0.4, -0.2) is 0 Å². The summed E-state index contributed by atoms with van der Waals surface area (Å²) in [5.74, 6) is 0. The van der Waals surface area contributed by atoms with Gasteiger partial charge in [-0.05, 0) is 16.9 Å². The van der Waals surface area contributed by atoms with Gasteiger partial charge >= 0.3 is 0 Å². The van der Waals surface area contributed by atoms with Crippen molar-refractivity contribution in [2.24, 2.45) is 0 Å². The Morgan fingerprint density at radius 3 is 1.86 bits per heavy atom. The van der Waals surface area contributed by atoms with Crippen molar-refractivity contribution in [1.29, 1.82) is 0 Å². The predicted octanol–water partition coefficient (Wildman–Crippen LogP) is 3.13. The molecule has 0 N–H and O–H groups in total. The maximum Gasteiger partial charge on any atom is -0.0242 e. The van der Waals surface area contributed by atoms with Crippen molar-refractivity contribution in [3.05, 3.63) is 9.66 Å². The maximum atomic E-state index is 2.29. The van der Waals surface area contributed by atoms with Crippen molar-refractivity contribution in [2.45, 2.75) is 26.7 Å². The molecule has 0 unspecified atom stereocenters. The third-order valence-corrected chi connectivity index (χ3v) is 1.94. The fraction of sp³-hybridized carbons (Fsp3) is 0.667. The number of allylic oxidation sites excluding steroid dienone is 1. The minimum atomic E-state index is 1.21. The smallest absolute Gasteiger partial charge is 0.0242 e. The van der Waals surface area contributed by atoms with Crippen LogP contribution in [0.3, 0.4) is 0 Å². The van der Waals surface area contributed by atoms with E-state index in [0.29, 0.717) is 0 Å². The van der Waals surface area contributed by atoms with Gasteiger partial charge in [0.15, 0.2) is 0 Å². The Kier molecular flexibility index (Phi) is 4.94. The van der Waals surface area contributed by atoms with Gasteiger partial charge in [-0.15, -0.1) is 0 Å². The molecule has 0 saturated heterocycles. The summed E-state index contributed by atoms with van der Waals surface area (Å²) in [5, 5.41) is 0. The Balaban J connectivity index is 3.38. The van der Waals surface area contributed by atoms with Gasteiger partial charge in [0, 0.05) is 0 Å². The largest absolute Gasteiger partial charge is 0.0647 e. The normalized spacial score (nSPS) is 8.43. The van der Waals surface area contributed by atoms with Crippen LogP contribution in [0.4, 0.5) is 0 Å². The third-order valence-electron chi connectivity index (χ3n) is 1.06. The highest BCUT2D eigenvalue weighted by Crippen LogP contribution is 2.06. The quantitative estimate of drug-likeness (QED) is 0.614. The summed E-state index contributed by atoms with van der Waals surface area (Å²) in [7, 11) is 0. The lowest BCUT2D eigenvalue weighted by Crippen LogP contribution is -1.71. The average molecular weight is 210 g/mol. The molecule has 0 fully saturated rings. The number of hydrogen-bond donors (Lipinski definition) is 0. The summed E-state index contributed by atoms with van der Waals surface area (Å²) in [5.41, 5.74) is 1.54.